The summed E-state index contributed by atoms with van der Waals surface area (Å²) in [6, 6.07) is 8.02. The maximum atomic E-state index is 5.17. The number of methoxy groups -OCH3 is 1. The van der Waals surface area contributed by atoms with E-state index >= 15 is 0 Å². The van der Waals surface area contributed by atoms with E-state index in [9.17, 15) is 0 Å². The highest BCUT2D eigenvalue weighted by Gasteiger charge is 2.02. The van der Waals surface area contributed by atoms with E-state index in [4.69, 9.17) is 4.74 Å². The van der Waals surface area contributed by atoms with Crippen LogP contribution >= 0.6 is 11.3 Å². The van der Waals surface area contributed by atoms with E-state index in [2.05, 4.69) is 11.1 Å². The molecule has 0 saturated heterocycles. The summed E-state index contributed by atoms with van der Waals surface area (Å²) in [4.78, 5) is 5.41. The maximum Gasteiger partial charge on any atom is 0.119 e. The number of aromatic nitrogens is 1. The lowest BCUT2D eigenvalue weighted by Crippen LogP contribution is -1.81. The summed E-state index contributed by atoms with van der Waals surface area (Å²) in [5.41, 5.74) is 1.16. The molecule has 0 N–H and O–H groups in total. The van der Waals surface area contributed by atoms with Crippen molar-refractivity contribution in [1.29, 1.82) is 0 Å². The van der Waals surface area contributed by atoms with Crippen molar-refractivity contribution in [2.45, 2.75) is 20.8 Å². The quantitative estimate of drug-likeness (QED) is 0.780. The number of benzene rings is 1. The van der Waals surface area contributed by atoms with E-state index in [-0.39, 0.29) is 0 Å². The van der Waals surface area contributed by atoms with Gasteiger partial charge in [0, 0.05) is 6.20 Å². The summed E-state index contributed by atoms with van der Waals surface area (Å²) in [5.74, 6) is 0.883. The molecule has 3 heteroatoms. The molecule has 0 atom stereocenters. The van der Waals surface area contributed by atoms with Crippen molar-refractivity contribution in [3.05, 3.63) is 35.5 Å². The molecule has 0 bridgehead atoms. The Kier molecular flexibility index (Phi) is 4.99. The highest BCUT2D eigenvalue weighted by atomic mass is 32.1. The van der Waals surface area contributed by atoms with Crippen LogP contribution in [0.4, 0.5) is 0 Å². The standard InChI is InChI=1S/C11H11NOS.C2H6/c1-8-12-7-11(14-8)9-4-3-5-10(6-9)13-2;1-2/h3-7H,1-2H3;1-2H3. The van der Waals surface area contributed by atoms with Gasteiger partial charge in [0.2, 0.25) is 0 Å². The van der Waals surface area contributed by atoms with Gasteiger partial charge in [0.05, 0.1) is 17.0 Å². The van der Waals surface area contributed by atoms with Gasteiger partial charge in [-0.15, -0.1) is 11.3 Å². The minimum absolute atomic E-state index is 0.883. The molecule has 1 aromatic carbocycles. The van der Waals surface area contributed by atoms with Crippen LogP contribution in [0.1, 0.15) is 18.9 Å². The van der Waals surface area contributed by atoms with Crippen molar-refractivity contribution in [2.75, 3.05) is 7.11 Å². The number of rotatable bonds is 2. The highest BCUT2D eigenvalue weighted by Crippen LogP contribution is 2.28. The van der Waals surface area contributed by atoms with Gasteiger partial charge in [0.25, 0.3) is 0 Å². The van der Waals surface area contributed by atoms with E-state index in [1.165, 1.54) is 4.88 Å². The number of nitrogens with zero attached hydrogens (tertiary/aromatic N) is 1. The summed E-state index contributed by atoms with van der Waals surface area (Å²) in [5, 5.41) is 1.09. The summed E-state index contributed by atoms with van der Waals surface area (Å²) in [7, 11) is 1.68. The zero-order valence-corrected chi connectivity index (χ0v) is 11.0. The third kappa shape index (κ3) is 3.07. The van der Waals surface area contributed by atoms with Gasteiger partial charge in [-0.2, -0.15) is 0 Å². The number of hydrogen-bond donors (Lipinski definition) is 0. The smallest absolute Gasteiger partial charge is 0.119 e. The monoisotopic (exact) mass is 235 g/mol. The Labute approximate surface area is 101 Å². The van der Waals surface area contributed by atoms with Gasteiger partial charge in [0.15, 0.2) is 0 Å². The highest BCUT2D eigenvalue weighted by molar-refractivity contribution is 7.15. The second-order valence-electron chi connectivity index (χ2n) is 2.98. The average molecular weight is 235 g/mol. The predicted octanol–water partition coefficient (Wildman–Crippen LogP) is 4.15. The van der Waals surface area contributed by atoms with Crippen LogP contribution < -0.4 is 4.74 Å². The van der Waals surface area contributed by atoms with Crippen LogP contribution in [0.15, 0.2) is 30.5 Å². The minimum Gasteiger partial charge on any atom is -0.497 e. The topological polar surface area (TPSA) is 22.1 Å². The third-order valence-corrected chi connectivity index (χ3v) is 2.94. The van der Waals surface area contributed by atoms with Crippen LogP contribution in [-0.4, -0.2) is 12.1 Å². The number of hydrogen-bond acceptors (Lipinski definition) is 3. The second-order valence-corrected chi connectivity index (χ2v) is 4.21. The Hall–Kier alpha value is -1.35. The molecule has 0 fully saturated rings. The molecule has 2 nitrogen and oxygen atoms in total. The van der Waals surface area contributed by atoms with E-state index < -0.39 is 0 Å². The predicted molar refractivity (Wildman–Crippen MR) is 70.2 cm³/mol. The SMILES string of the molecule is CC.COc1cccc(-c2cnc(C)s2)c1. The second kappa shape index (κ2) is 6.28. The molecule has 16 heavy (non-hydrogen) atoms. The molecule has 2 aromatic rings. The molecule has 0 spiro atoms. The van der Waals surface area contributed by atoms with Crippen molar-refractivity contribution < 1.29 is 4.74 Å². The molecule has 0 unspecified atom stereocenters. The first-order valence-electron chi connectivity index (χ1n) is 5.36. The van der Waals surface area contributed by atoms with Crippen LogP contribution in [0, 0.1) is 6.92 Å². The van der Waals surface area contributed by atoms with Crippen molar-refractivity contribution >= 4 is 11.3 Å². The Balaban J connectivity index is 0.000000606. The van der Waals surface area contributed by atoms with Crippen LogP contribution in [0.3, 0.4) is 0 Å². The number of ether oxygens (including phenoxy) is 1. The van der Waals surface area contributed by atoms with Crippen LogP contribution in [0.2, 0.25) is 0 Å². The lowest BCUT2D eigenvalue weighted by molar-refractivity contribution is 0.415. The zero-order valence-electron chi connectivity index (χ0n) is 10.2. The molecule has 2 rings (SSSR count). The Morgan fingerprint density at radius 2 is 2.00 bits per heavy atom. The van der Waals surface area contributed by atoms with Gasteiger partial charge >= 0.3 is 0 Å². The van der Waals surface area contributed by atoms with Crippen molar-refractivity contribution in [3.8, 4) is 16.2 Å². The van der Waals surface area contributed by atoms with Gasteiger partial charge in [-0.05, 0) is 24.6 Å². The minimum atomic E-state index is 0.883. The van der Waals surface area contributed by atoms with Gasteiger partial charge in [-0.3, -0.25) is 0 Å². The summed E-state index contributed by atoms with van der Waals surface area (Å²) in [6.07, 6.45) is 1.90. The van der Waals surface area contributed by atoms with E-state index in [1.807, 2.05) is 45.2 Å². The zero-order chi connectivity index (χ0) is 12.0. The lowest BCUT2D eigenvalue weighted by atomic mass is 10.2. The largest absolute Gasteiger partial charge is 0.497 e. The number of thiazole rings is 1. The van der Waals surface area contributed by atoms with Gasteiger partial charge in [-0.1, -0.05) is 26.0 Å². The van der Waals surface area contributed by atoms with E-state index in [0.717, 1.165) is 16.3 Å². The molecule has 0 aliphatic rings. The summed E-state index contributed by atoms with van der Waals surface area (Å²) < 4.78 is 5.17. The van der Waals surface area contributed by atoms with Crippen LogP contribution in [-0.2, 0) is 0 Å². The molecule has 0 radical (unpaired) electrons. The first kappa shape index (κ1) is 12.7. The molecule has 0 saturated carbocycles. The van der Waals surface area contributed by atoms with Crippen molar-refractivity contribution in [1.82, 2.24) is 4.98 Å². The van der Waals surface area contributed by atoms with E-state index in [1.54, 1.807) is 18.4 Å². The van der Waals surface area contributed by atoms with Crippen molar-refractivity contribution in [3.63, 3.8) is 0 Å². The lowest BCUT2D eigenvalue weighted by Gasteiger charge is -2.01. The third-order valence-electron chi connectivity index (χ3n) is 1.98. The fourth-order valence-corrected chi connectivity index (χ4v) is 2.05. The molecule has 1 aromatic heterocycles. The Morgan fingerprint density at radius 3 is 2.56 bits per heavy atom. The molecular formula is C13H17NOS. The van der Waals surface area contributed by atoms with Crippen LogP contribution in [0.25, 0.3) is 10.4 Å². The molecule has 0 aliphatic heterocycles. The fraction of sp³-hybridized carbons (Fsp3) is 0.308. The van der Waals surface area contributed by atoms with E-state index in [0.29, 0.717) is 0 Å². The van der Waals surface area contributed by atoms with Gasteiger partial charge in [0.1, 0.15) is 5.75 Å². The maximum absolute atomic E-state index is 5.17. The number of aryl methyl sites for hydroxylation is 1. The van der Waals surface area contributed by atoms with Crippen LogP contribution in [0.5, 0.6) is 5.75 Å². The van der Waals surface area contributed by atoms with Gasteiger partial charge < -0.3 is 4.74 Å². The fourth-order valence-electron chi connectivity index (χ4n) is 1.27. The molecule has 0 amide bonds. The average Bonchev–Trinajstić information content (AvgIpc) is 2.79. The molecule has 1 heterocycles. The first-order chi connectivity index (χ1) is 7.79. The Morgan fingerprint density at radius 1 is 1.25 bits per heavy atom. The summed E-state index contributed by atoms with van der Waals surface area (Å²) in [6.45, 7) is 6.01. The first-order valence-corrected chi connectivity index (χ1v) is 6.18. The molecular weight excluding hydrogens is 218 g/mol. The Bertz CT molecular complexity index is 437. The molecule has 0 aliphatic carbocycles. The van der Waals surface area contributed by atoms with Gasteiger partial charge in [-0.25, -0.2) is 4.98 Å². The summed E-state index contributed by atoms with van der Waals surface area (Å²) >= 11 is 1.69. The molecule has 86 valence electrons. The normalized spacial score (nSPS) is 9.25. The van der Waals surface area contributed by atoms with Crippen molar-refractivity contribution in [2.24, 2.45) is 0 Å².